The summed E-state index contributed by atoms with van der Waals surface area (Å²) in [5.41, 5.74) is 0. The summed E-state index contributed by atoms with van der Waals surface area (Å²) in [7, 11) is 0. The highest BCUT2D eigenvalue weighted by atomic mass is 19.4. The highest BCUT2D eigenvalue weighted by molar-refractivity contribution is 5.76. The summed E-state index contributed by atoms with van der Waals surface area (Å²) in [4.78, 5) is 11.8. The Morgan fingerprint density at radius 2 is 2.15 bits per heavy atom. The molecule has 0 bridgehead atoms. The van der Waals surface area contributed by atoms with Gasteiger partial charge >= 0.3 is 6.18 Å². The average molecular weight is 294 g/mol. The number of nitrogens with one attached hydrogen (secondary N) is 2. The zero-order chi connectivity index (χ0) is 14.6. The predicted molar refractivity (Wildman–Crippen MR) is 67.2 cm³/mol. The maximum atomic E-state index is 12.7. The molecule has 1 amide bonds. The maximum Gasteiger partial charge on any atom is 0.391 e. The van der Waals surface area contributed by atoms with E-state index in [1.165, 1.54) is 0 Å². The fourth-order valence-corrected chi connectivity index (χ4v) is 2.86. The monoisotopic (exact) mass is 294 g/mol. The molecule has 2 N–H and O–H groups in total. The van der Waals surface area contributed by atoms with Gasteiger partial charge in [0.25, 0.3) is 0 Å². The first-order valence-corrected chi connectivity index (χ1v) is 7.13. The van der Waals surface area contributed by atoms with Crippen LogP contribution in [0.4, 0.5) is 13.2 Å². The fourth-order valence-electron chi connectivity index (χ4n) is 2.86. The number of ether oxygens (including phenoxy) is 1. The van der Waals surface area contributed by atoms with Crippen molar-refractivity contribution >= 4 is 5.91 Å². The van der Waals surface area contributed by atoms with Gasteiger partial charge in [0.1, 0.15) is 0 Å². The highest BCUT2D eigenvalue weighted by Gasteiger charge is 2.42. The first kappa shape index (κ1) is 15.6. The smallest absolute Gasteiger partial charge is 0.375 e. The van der Waals surface area contributed by atoms with Crippen LogP contribution >= 0.6 is 0 Å². The molecule has 0 aromatic rings. The zero-order valence-corrected chi connectivity index (χ0v) is 11.3. The molecule has 0 aromatic carbocycles. The number of amides is 1. The molecule has 1 aliphatic carbocycles. The van der Waals surface area contributed by atoms with Crippen molar-refractivity contribution in [1.29, 1.82) is 0 Å². The third-order valence-electron chi connectivity index (χ3n) is 3.92. The molecule has 2 aliphatic rings. The van der Waals surface area contributed by atoms with Crippen LogP contribution in [0.5, 0.6) is 0 Å². The average Bonchev–Trinajstić information content (AvgIpc) is 2.39. The number of morpholine rings is 1. The number of hydrogen-bond acceptors (Lipinski definition) is 3. The summed E-state index contributed by atoms with van der Waals surface area (Å²) in [6.07, 6.45) is -2.81. The normalized spacial score (nSPS) is 31.9. The molecule has 1 aliphatic heterocycles. The zero-order valence-electron chi connectivity index (χ0n) is 11.3. The molecule has 2 fully saturated rings. The van der Waals surface area contributed by atoms with Crippen LogP contribution in [0.3, 0.4) is 0 Å². The van der Waals surface area contributed by atoms with Crippen molar-refractivity contribution in [2.75, 3.05) is 19.7 Å². The van der Waals surface area contributed by atoms with Crippen molar-refractivity contribution in [2.45, 2.75) is 50.4 Å². The molecule has 3 unspecified atom stereocenters. The molecular weight excluding hydrogens is 273 g/mol. The molecular formula is C13H21F3N2O2. The molecule has 1 saturated heterocycles. The SMILES string of the molecule is O=C(CC1CNCCO1)NC1CCCC(C(F)(F)F)C1. The van der Waals surface area contributed by atoms with Gasteiger partial charge in [-0.25, -0.2) is 0 Å². The molecule has 20 heavy (non-hydrogen) atoms. The summed E-state index contributed by atoms with van der Waals surface area (Å²) in [5, 5.41) is 5.84. The minimum absolute atomic E-state index is 0.000978. The Hall–Kier alpha value is -0.820. The third kappa shape index (κ3) is 4.63. The van der Waals surface area contributed by atoms with E-state index in [1.54, 1.807) is 0 Å². The van der Waals surface area contributed by atoms with Crippen LogP contribution in [-0.2, 0) is 9.53 Å². The Labute approximate surface area is 116 Å². The molecule has 2 rings (SSSR count). The van der Waals surface area contributed by atoms with E-state index in [-0.39, 0.29) is 37.3 Å². The van der Waals surface area contributed by atoms with Crippen molar-refractivity contribution in [1.82, 2.24) is 10.6 Å². The predicted octanol–water partition coefficient (Wildman–Crippen LogP) is 1.60. The molecule has 1 heterocycles. The van der Waals surface area contributed by atoms with Crippen LogP contribution in [-0.4, -0.2) is 43.9 Å². The number of rotatable bonds is 3. The van der Waals surface area contributed by atoms with Gasteiger partial charge in [-0.3, -0.25) is 4.79 Å². The molecule has 0 spiro atoms. The lowest BCUT2D eigenvalue weighted by atomic mass is 9.85. The molecule has 3 atom stereocenters. The van der Waals surface area contributed by atoms with Crippen molar-refractivity contribution in [3.63, 3.8) is 0 Å². The minimum Gasteiger partial charge on any atom is -0.375 e. The number of carbonyl (C=O) groups excluding carboxylic acids is 1. The van der Waals surface area contributed by atoms with Crippen molar-refractivity contribution < 1.29 is 22.7 Å². The molecule has 0 aromatic heterocycles. The van der Waals surface area contributed by atoms with Gasteiger partial charge in [0.15, 0.2) is 0 Å². The number of carbonyl (C=O) groups is 1. The van der Waals surface area contributed by atoms with Gasteiger partial charge in [-0.1, -0.05) is 6.42 Å². The van der Waals surface area contributed by atoms with Crippen molar-refractivity contribution in [2.24, 2.45) is 5.92 Å². The highest BCUT2D eigenvalue weighted by Crippen LogP contribution is 2.37. The first-order chi connectivity index (χ1) is 9.45. The molecule has 0 radical (unpaired) electrons. The maximum absolute atomic E-state index is 12.7. The number of alkyl halides is 3. The van der Waals surface area contributed by atoms with Gasteiger partial charge in [0.05, 0.1) is 25.0 Å². The lowest BCUT2D eigenvalue weighted by Crippen LogP contribution is -2.45. The Morgan fingerprint density at radius 1 is 1.35 bits per heavy atom. The van der Waals surface area contributed by atoms with Gasteiger partial charge in [0.2, 0.25) is 5.91 Å². The van der Waals surface area contributed by atoms with E-state index in [0.29, 0.717) is 26.0 Å². The largest absolute Gasteiger partial charge is 0.391 e. The van der Waals surface area contributed by atoms with Gasteiger partial charge in [-0.05, 0) is 19.3 Å². The standard InChI is InChI=1S/C13H21F3N2O2/c14-13(15,16)9-2-1-3-10(6-9)18-12(19)7-11-8-17-4-5-20-11/h9-11,17H,1-8H2,(H,18,19). The summed E-state index contributed by atoms with van der Waals surface area (Å²) < 4.78 is 43.5. The van der Waals surface area contributed by atoms with E-state index in [1.807, 2.05) is 0 Å². The Bertz CT molecular complexity index is 330. The quantitative estimate of drug-likeness (QED) is 0.831. The fraction of sp³-hybridized carbons (Fsp3) is 0.923. The van der Waals surface area contributed by atoms with E-state index in [0.717, 1.165) is 6.54 Å². The van der Waals surface area contributed by atoms with Crippen LogP contribution in [0.2, 0.25) is 0 Å². The second kappa shape index (κ2) is 6.76. The van der Waals surface area contributed by atoms with E-state index in [4.69, 9.17) is 4.74 Å². The summed E-state index contributed by atoms with van der Waals surface area (Å²) in [6.45, 7) is 1.95. The van der Waals surface area contributed by atoms with Crippen molar-refractivity contribution in [3.8, 4) is 0 Å². The summed E-state index contributed by atoms with van der Waals surface area (Å²) in [5.74, 6) is -1.50. The Balaban J connectivity index is 1.75. The molecule has 1 saturated carbocycles. The van der Waals surface area contributed by atoms with E-state index in [2.05, 4.69) is 10.6 Å². The first-order valence-electron chi connectivity index (χ1n) is 7.13. The Morgan fingerprint density at radius 3 is 2.80 bits per heavy atom. The molecule has 116 valence electrons. The van der Waals surface area contributed by atoms with E-state index in [9.17, 15) is 18.0 Å². The van der Waals surface area contributed by atoms with Gasteiger partial charge < -0.3 is 15.4 Å². The summed E-state index contributed by atoms with van der Waals surface area (Å²) in [6, 6.07) is -0.362. The van der Waals surface area contributed by atoms with Gasteiger partial charge in [-0.2, -0.15) is 13.2 Å². The van der Waals surface area contributed by atoms with Crippen LogP contribution < -0.4 is 10.6 Å². The lowest BCUT2D eigenvalue weighted by Gasteiger charge is -2.31. The topological polar surface area (TPSA) is 50.4 Å². The second-order valence-corrected chi connectivity index (χ2v) is 5.57. The van der Waals surface area contributed by atoms with Crippen LogP contribution in [0.15, 0.2) is 0 Å². The van der Waals surface area contributed by atoms with Gasteiger partial charge in [0, 0.05) is 19.1 Å². The van der Waals surface area contributed by atoms with Crippen LogP contribution in [0.1, 0.15) is 32.1 Å². The molecule has 4 nitrogen and oxygen atoms in total. The van der Waals surface area contributed by atoms with Gasteiger partial charge in [-0.15, -0.1) is 0 Å². The molecule has 7 heteroatoms. The Kier molecular flexibility index (Phi) is 5.26. The number of halogens is 3. The van der Waals surface area contributed by atoms with E-state index >= 15 is 0 Å². The third-order valence-corrected chi connectivity index (χ3v) is 3.92. The van der Waals surface area contributed by atoms with Crippen molar-refractivity contribution in [3.05, 3.63) is 0 Å². The summed E-state index contributed by atoms with van der Waals surface area (Å²) >= 11 is 0. The lowest BCUT2D eigenvalue weighted by molar-refractivity contribution is -0.184. The minimum atomic E-state index is -4.15. The van der Waals surface area contributed by atoms with Crippen LogP contribution in [0, 0.1) is 5.92 Å². The van der Waals surface area contributed by atoms with E-state index < -0.39 is 12.1 Å². The second-order valence-electron chi connectivity index (χ2n) is 5.57. The number of hydrogen-bond donors (Lipinski definition) is 2. The van der Waals surface area contributed by atoms with Crippen LogP contribution in [0.25, 0.3) is 0 Å².